The Kier molecular flexibility index (Phi) is 4.09. The molecule has 0 aliphatic carbocycles. The maximum atomic E-state index is 12.0. The van der Waals surface area contributed by atoms with Crippen LogP contribution in [0.2, 0.25) is 5.02 Å². The van der Waals surface area contributed by atoms with E-state index in [2.05, 4.69) is 10.3 Å². The first-order valence-corrected chi connectivity index (χ1v) is 6.30. The van der Waals surface area contributed by atoms with Crippen molar-refractivity contribution in [3.05, 3.63) is 52.3 Å². The molecule has 0 radical (unpaired) electrons. The maximum Gasteiger partial charge on any atom is 0.337 e. The van der Waals surface area contributed by atoms with E-state index in [0.29, 0.717) is 10.6 Å². The Morgan fingerprint density at radius 1 is 1.24 bits per heavy atom. The number of hydrogen-bond acceptors (Lipinski definition) is 3. The smallest absolute Gasteiger partial charge is 0.337 e. The fourth-order valence-corrected chi connectivity index (χ4v) is 1.90. The fraction of sp³-hybridized carbons (Fsp3) is 0.0714. The molecular formula is C14H11ClN2O4. The van der Waals surface area contributed by atoms with Crippen LogP contribution in [0.4, 0.5) is 5.69 Å². The molecule has 0 aliphatic heterocycles. The highest BCUT2D eigenvalue weighted by Gasteiger charge is 2.16. The molecule has 0 unspecified atom stereocenters. The largest absolute Gasteiger partial charge is 0.478 e. The molecule has 0 spiro atoms. The molecule has 2 rings (SSSR count). The van der Waals surface area contributed by atoms with Crippen LogP contribution in [0.5, 0.6) is 0 Å². The monoisotopic (exact) mass is 306 g/mol. The zero-order chi connectivity index (χ0) is 15.6. The van der Waals surface area contributed by atoms with Crippen molar-refractivity contribution < 1.29 is 19.5 Å². The molecule has 108 valence electrons. The van der Waals surface area contributed by atoms with E-state index < -0.39 is 11.9 Å². The highest BCUT2D eigenvalue weighted by Crippen LogP contribution is 2.22. The lowest BCUT2D eigenvalue weighted by molar-refractivity contribution is 0.0697. The number of anilines is 1. The van der Waals surface area contributed by atoms with E-state index >= 15 is 0 Å². The number of aromatic nitrogens is 1. The lowest BCUT2D eigenvalue weighted by Crippen LogP contribution is -2.15. The van der Waals surface area contributed by atoms with Crippen LogP contribution in [0.25, 0.3) is 0 Å². The molecule has 3 N–H and O–H groups in total. The summed E-state index contributed by atoms with van der Waals surface area (Å²) >= 11 is 5.80. The Hall–Kier alpha value is -2.60. The van der Waals surface area contributed by atoms with E-state index in [0.717, 1.165) is 0 Å². The Morgan fingerprint density at radius 2 is 1.95 bits per heavy atom. The van der Waals surface area contributed by atoms with Gasteiger partial charge in [0.15, 0.2) is 5.78 Å². The molecule has 1 amide bonds. The number of ketones is 1. The summed E-state index contributed by atoms with van der Waals surface area (Å²) in [6.07, 6.45) is 1.41. The lowest BCUT2D eigenvalue weighted by atomic mass is 10.1. The third-order valence-electron chi connectivity index (χ3n) is 2.79. The maximum absolute atomic E-state index is 12.0. The van der Waals surface area contributed by atoms with Crippen LogP contribution >= 0.6 is 11.6 Å². The predicted molar refractivity (Wildman–Crippen MR) is 77.2 cm³/mol. The van der Waals surface area contributed by atoms with Gasteiger partial charge in [-0.3, -0.25) is 9.59 Å². The minimum absolute atomic E-state index is 0.0777. The van der Waals surface area contributed by atoms with Gasteiger partial charge < -0.3 is 15.4 Å². The molecule has 0 bridgehead atoms. The first-order valence-electron chi connectivity index (χ1n) is 5.92. The quantitative estimate of drug-likeness (QED) is 0.756. The number of aromatic amines is 1. The SMILES string of the molecule is CC(=O)c1c[nH]c(C(=O)Nc2cc(Cl)ccc2C(=O)O)c1. The van der Waals surface area contributed by atoms with Gasteiger partial charge in [0.05, 0.1) is 11.3 Å². The van der Waals surface area contributed by atoms with Gasteiger partial charge in [0.1, 0.15) is 5.69 Å². The Morgan fingerprint density at radius 3 is 2.52 bits per heavy atom. The number of benzene rings is 1. The van der Waals surface area contributed by atoms with Gasteiger partial charge in [0.2, 0.25) is 0 Å². The molecule has 21 heavy (non-hydrogen) atoms. The Balaban J connectivity index is 2.28. The topological polar surface area (TPSA) is 99.3 Å². The number of nitrogens with one attached hydrogen (secondary N) is 2. The number of H-pyrrole nitrogens is 1. The summed E-state index contributed by atoms with van der Waals surface area (Å²) in [7, 11) is 0. The van der Waals surface area contributed by atoms with Crippen LogP contribution in [0.3, 0.4) is 0 Å². The zero-order valence-corrected chi connectivity index (χ0v) is 11.7. The number of rotatable bonds is 4. The van der Waals surface area contributed by atoms with Crippen LogP contribution in [0.15, 0.2) is 30.5 Å². The molecular weight excluding hydrogens is 296 g/mol. The second kappa shape index (κ2) is 5.80. The van der Waals surface area contributed by atoms with Crippen LogP contribution in [0, 0.1) is 0 Å². The minimum atomic E-state index is -1.18. The van der Waals surface area contributed by atoms with Crippen molar-refractivity contribution in [3.63, 3.8) is 0 Å². The van der Waals surface area contributed by atoms with Gasteiger partial charge in [-0.15, -0.1) is 0 Å². The second-order valence-corrected chi connectivity index (χ2v) is 4.74. The molecule has 6 nitrogen and oxygen atoms in total. The predicted octanol–water partition coefficient (Wildman–Crippen LogP) is 2.82. The van der Waals surface area contributed by atoms with E-state index in [-0.39, 0.29) is 22.7 Å². The third-order valence-corrected chi connectivity index (χ3v) is 3.03. The number of carboxylic acids is 1. The molecule has 7 heteroatoms. The average Bonchev–Trinajstić information content (AvgIpc) is 2.88. The highest BCUT2D eigenvalue weighted by atomic mass is 35.5. The van der Waals surface area contributed by atoms with Gasteiger partial charge in [-0.05, 0) is 31.2 Å². The summed E-state index contributed by atoms with van der Waals surface area (Å²) in [6.45, 7) is 1.38. The highest BCUT2D eigenvalue weighted by molar-refractivity contribution is 6.31. The summed E-state index contributed by atoms with van der Waals surface area (Å²) in [5.41, 5.74) is 0.520. The first-order chi connectivity index (χ1) is 9.88. The van der Waals surface area contributed by atoms with Gasteiger partial charge in [-0.2, -0.15) is 0 Å². The van der Waals surface area contributed by atoms with Crippen LogP contribution in [-0.4, -0.2) is 27.8 Å². The summed E-state index contributed by atoms with van der Waals surface area (Å²) in [4.78, 5) is 37.0. The van der Waals surface area contributed by atoms with E-state index in [1.807, 2.05) is 0 Å². The normalized spacial score (nSPS) is 10.2. The second-order valence-electron chi connectivity index (χ2n) is 4.31. The van der Waals surface area contributed by atoms with E-state index in [1.165, 1.54) is 37.4 Å². The molecule has 0 atom stereocenters. The number of aromatic carboxylic acids is 1. The standard InChI is InChI=1S/C14H11ClN2O4/c1-7(18)8-4-12(16-6-8)13(19)17-11-5-9(15)2-3-10(11)14(20)21/h2-6,16H,1H3,(H,17,19)(H,20,21). The number of carboxylic acid groups (broad SMARTS) is 1. The number of carbonyl (C=O) groups is 3. The summed E-state index contributed by atoms with van der Waals surface area (Å²) in [6, 6.07) is 5.46. The van der Waals surface area contributed by atoms with Gasteiger partial charge in [-0.1, -0.05) is 11.6 Å². The van der Waals surface area contributed by atoms with Crippen molar-refractivity contribution in [2.75, 3.05) is 5.32 Å². The van der Waals surface area contributed by atoms with E-state index in [9.17, 15) is 14.4 Å². The number of hydrogen-bond donors (Lipinski definition) is 3. The number of halogens is 1. The fourth-order valence-electron chi connectivity index (χ4n) is 1.72. The van der Waals surface area contributed by atoms with Crippen molar-refractivity contribution in [2.45, 2.75) is 6.92 Å². The van der Waals surface area contributed by atoms with Gasteiger partial charge in [0, 0.05) is 16.8 Å². The number of Topliss-reactive ketones (excluding diaryl/α,β-unsaturated/α-hetero) is 1. The number of carbonyl (C=O) groups excluding carboxylic acids is 2. The molecule has 0 saturated carbocycles. The molecule has 1 aromatic heterocycles. The van der Waals surface area contributed by atoms with Crippen LogP contribution < -0.4 is 5.32 Å². The van der Waals surface area contributed by atoms with Crippen molar-refractivity contribution in [1.82, 2.24) is 4.98 Å². The van der Waals surface area contributed by atoms with Crippen LogP contribution in [-0.2, 0) is 0 Å². The molecule has 0 aliphatic rings. The molecule has 2 aromatic rings. The van der Waals surface area contributed by atoms with Crippen molar-refractivity contribution in [3.8, 4) is 0 Å². The Labute approximate surface area is 124 Å². The van der Waals surface area contributed by atoms with Crippen LogP contribution in [0.1, 0.15) is 38.1 Å². The molecule has 1 heterocycles. The Bertz CT molecular complexity index is 736. The summed E-state index contributed by atoms with van der Waals surface area (Å²) in [5, 5.41) is 11.8. The van der Waals surface area contributed by atoms with Gasteiger partial charge in [-0.25, -0.2) is 4.79 Å². The van der Waals surface area contributed by atoms with Crippen molar-refractivity contribution >= 4 is 34.9 Å². The zero-order valence-electron chi connectivity index (χ0n) is 10.9. The average molecular weight is 307 g/mol. The summed E-state index contributed by atoms with van der Waals surface area (Å²) in [5.74, 6) is -1.93. The molecule has 0 saturated heterocycles. The van der Waals surface area contributed by atoms with Crippen molar-refractivity contribution in [2.24, 2.45) is 0 Å². The van der Waals surface area contributed by atoms with Crippen molar-refractivity contribution in [1.29, 1.82) is 0 Å². The molecule has 0 fully saturated rings. The third kappa shape index (κ3) is 3.29. The van der Waals surface area contributed by atoms with E-state index in [1.54, 1.807) is 0 Å². The van der Waals surface area contributed by atoms with E-state index in [4.69, 9.17) is 16.7 Å². The summed E-state index contributed by atoms with van der Waals surface area (Å²) < 4.78 is 0. The van der Waals surface area contributed by atoms with Gasteiger partial charge >= 0.3 is 5.97 Å². The minimum Gasteiger partial charge on any atom is -0.478 e. The molecule has 1 aromatic carbocycles. The first kappa shape index (κ1) is 14.8. The van der Waals surface area contributed by atoms with Gasteiger partial charge in [0.25, 0.3) is 5.91 Å². The lowest BCUT2D eigenvalue weighted by Gasteiger charge is -2.08. The number of amides is 1.